The van der Waals surface area contributed by atoms with Crippen LogP contribution in [0.3, 0.4) is 0 Å². The predicted molar refractivity (Wildman–Crippen MR) is 592 cm³/mol. The lowest BCUT2D eigenvalue weighted by Gasteiger charge is -2.22. The normalized spacial score (nSPS) is 12.0. The molecule has 0 aliphatic carbocycles. The van der Waals surface area contributed by atoms with Crippen molar-refractivity contribution in [3.8, 4) is 96.5 Å². The first kappa shape index (κ1) is 80.1. The van der Waals surface area contributed by atoms with Crippen molar-refractivity contribution in [2.24, 2.45) is 0 Å². The second-order valence-corrected chi connectivity index (χ2v) is 36.8. The third kappa shape index (κ3) is 12.6. The lowest BCUT2D eigenvalue weighted by molar-refractivity contribution is 0.486. The van der Waals surface area contributed by atoms with Gasteiger partial charge in [0.15, 0.2) is 0 Å². The maximum atomic E-state index is 6.44. The van der Waals surface area contributed by atoms with Crippen LogP contribution in [0.2, 0.25) is 0 Å². The Morgan fingerprint density at radius 2 is 0.493 bits per heavy atom. The minimum Gasteiger partial charge on any atom is -0.456 e. The summed E-state index contributed by atoms with van der Waals surface area (Å²) >= 11 is 0. The molecule has 0 atom stereocenters. The summed E-state index contributed by atoms with van der Waals surface area (Å²) in [5.41, 5.74) is 22.1. The van der Waals surface area contributed by atoms with Crippen molar-refractivity contribution >= 4 is 195 Å². The molecule has 0 radical (unpaired) electrons. The molecule has 7 heterocycles. The molecule has 0 saturated carbocycles. The number of rotatable bonds is 8. The van der Waals surface area contributed by atoms with Gasteiger partial charge >= 0.3 is 0 Å². The Morgan fingerprint density at radius 1 is 0.155 bits per heavy atom. The highest BCUT2D eigenvalue weighted by Crippen LogP contribution is 2.52. The van der Waals surface area contributed by atoms with Crippen LogP contribution in [-0.4, -0.2) is 43.6 Å². The van der Waals surface area contributed by atoms with Gasteiger partial charge in [0.1, 0.15) is 11.5 Å². The number of aromatic nitrogens is 9. The predicted octanol–water partition coefficient (Wildman–Crippen LogP) is 34.7. The van der Waals surface area contributed by atoms with E-state index in [4.69, 9.17) is 34.6 Å². The molecule has 0 saturated heterocycles. The molecule has 31 rings (SSSR count). The largest absolute Gasteiger partial charge is 0.456 e. The highest BCUT2D eigenvalue weighted by Gasteiger charge is 2.30. The van der Waals surface area contributed by atoms with E-state index in [1.807, 2.05) is 42.5 Å². The Bertz CT molecular complexity index is 10600. The zero-order valence-corrected chi connectivity index (χ0v) is 76.5. The van der Waals surface area contributed by atoms with E-state index in [9.17, 15) is 0 Å². The lowest BCUT2D eigenvalue weighted by atomic mass is 9.90. The van der Waals surface area contributed by atoms with Gasteiger partial charge in [-0.05, 0) is 204 Å². The van der Waals surface area contributed by atoms with Gasteiger partial charge in [-0.2, -0.15) is 0 Å². The minimum atomic E-state index is 0.639. The first-order chi connectivity index (χ1) is 70.5. The van der Waals surface area contributed by atoms with E-state index in [0.717, 1.165) is 133 Å². The molecule has 0 fully saturated rings. The van der Waals surface area contributed by atoms with Crippen LogP contribution in [0, 0.1) is 0 Å². The molecule has 1 aliphatic rings. The van der Waals surface area contributed by atoms with E-state index < -0.39 is 0 Å². The topological polar surface area (TPSA) is 101 Å². The Kier molecular flexibility index (Phi) is 18.2. The van der Waals surface area contributed by atoms with Crippen LogP contribution in [0.4, 0.5) is 0 Å². The Morgan fingerprint density at radius 3 is 1.01 bits per heavy atom. The van der Waals surface area contributed by atoms with E-state index >= 15 is 0 Å². The van der Waals surface area contributed by atoms with Gasteiger partial charge < -0.3 is 4.74 Å². The number of fused-ring (bicyclic) bond motifs is 31. The first-order valence-electron chi connectivity index (χ1n) is 48.3. The van der Waals surface area contributed by atoms with E-state index in [0.29, 0.717) is 17.8 Å². The van der Waals surface area contributed by atoms with E-state index in [1.165, 1.54) is 140 Å². The number of ether oxygens (including phenoxy) is 1. The van der Waals surface area contributed by atoms with Crippen LogP contribution >= 0.6 is 0 Å². The smallest absolute Gasteiger partial charge is 0.235 e. The van der Waals surface area contributed by atoms with Gasteiger partial charge in [0.2, 0.25) is 17.8 Å². The summed E-state index contributed by atoms with van der Waals surface area (Å²) in [5, 5.41) is 32.8. The molecule has 0 bridgehead atoms. The second-order valence-electron chi connectivity index (χ2n) is 36.8. The molecule has 10 nitrogen and oxygen atoms in total. The monoisotopic (exact) mass is 1810 g/mol. The summed E-state index contributed by atoms with van der Waals surface area (Å²) in [6.07, 6.45) is 0. The fourth-order valence-corrected chi connectivity index (χ4v) is 23.0. The molecular formula is C132H79N9O. The van der Waals surface area contributed by atoms with Crippen molar-refractivity contribution in [2.75, 3.05) is 0 Å². The molecule has 142 heavy (non-hydrogen) atoms. The van der Waals surface area contributed by atoms with Crippen molar-refractivity contribution in [1.82, 2.24) is 43.6 Å². The molecule has 0 spiro atoms. The Hall–Kier alpha value is -19.2. The lowest BCUT2D eigenvalue weighted by Crippen LogP contribution is -2.07. The van der Waals surface area contributed by atoms with Gasteiger partial charge in [-0.25, -0.2) is 29.9 Å². The zero-order valence-electron chi connectivity index (χ0n) is 76.5. The van der Waals surface area contributed by atoms with E-state index in [1.54, 1.807) is 0 Å². The molecule has 0 N–H and O–H groups in total. The van der Waals surface area contributed by atoms with E-state index in [-0.39, 0.29) is 0 Å². The van der Waals surface area contributed by atoms with Crippen molar-refractivity contribution in [2.45, 2.75) is 0 Å². The number of para-hydroxylation sites is 6. The molecule has 24 aromatic carbocycles. The van der Waals surface area contributed by atoms with Gasteiger partial charge in [-0.1, -0.05) is 400 Å². The Labute approximate surface area is 813 Å². The van der Waals surface area contributed by atoms with Crippen LogP contribution in [0.5, 0.6) is 11.5 Å². The summed E-state index contributed by atoms with van der Waals surface area (Å²) in [7, 11) is 0. The summed E-state index contributed by atoms with van der Waals surface area (Å²) in [5.74, 6) is 3.55. The van der Waals surface area contributed by atoms with Gasteiger partial charge in [0.05, 0.1) is 72.1 Å². The van der Waals surface area contributed by atoms with Gasteiger partial charge in [0, 0.05) is 65.3 Å². The molecule has 1 aliphatic heterocycles. The first-order valence-corrected chi connectivity index (χ1v) is 48.3. The summed E-state index contributed by atoms with van der Waals surface area (Å²) in [4.78, 5) is 31.9. The standard InChI is InChI=1S/C44H25N3O.2C44H27N3/c1-2-10-26(11-3-1)30-23-25-38-41-42(30)45-44(46-43(41)34-15-7-9-17-37(34)48-38)47-35-16-8-6-14-33(35)40-32-21-20-28-19-18-27-12-4-5-13-29(27)39(28)31(32)22-24-36(40)47;1-3-13-28(14-4-1)37-27-30-23-24-34-33(41(30)32-18-8-7-17-31(32)37)25-26-40-42(34)36-20-10-12-22-39(36)47(40)44-45-38-21-11-9-19-35(38)43(46-44)29-15-5-2-6-16-29;1-2-12-28(13-3-1)31-15-6-7-17-35(31)43-36-18-8-10-20-38(36)45-44(46-43)47-39-21-11-9-19-37(39)42-34-25-24-30-23-22-29-14-4-5-16-32(29)41(30)33(34)26-27-40(42)47/h1-25H;2*1-27H. The van der Waals surface area contributed by atoms with Crippen LogP contribution < -0.4 is 4.74 Å². The third-order valence-corrected chi connectivity index (χ3v) is 29.2. The quantitative estimate of drug-likeness (QED) is 0.140. The molecule has 10 heteroatoms. The van der Waals surface area contributed by atoms with Gasteiger partial charge in [-0.3, -0.25) is 13.7 Å². The summed E-state index contributed by atoms with van der Waals surface area (Å²) in [6, 6.07) is 170. The number of benzene rings is 24. The number of hydrogen-bond donors (Lipinski definition) is 0. The summed E-state index contributed by atoms with van der Waals surface area (Å²) < 4.78 is 13.2. The molecule has 30 aromatic rings. The Balaban J connectivity index is 0.000000102. The van der Waals surface area contributed by atoms with Crippen LogP contribution in [0.1, 0.15) is 0 Å². The molecule has 0 amide bonds. The van der Waals surface area contributed by atoms with Crippen molar-refractivity contribution in [1.29, 1.82) is 0 Å². The van der Waals surface area contributed by atoms with Crippen molar-refractivity contribution < 1.29 is 4.74 Å². The van der Waals surface area contributed by atoms with Crippen LogP contribution in [0.25, 0.3) is 280 Å². The van der Waals surface area contributed by atoms with Crippen LogP contribution in [-0.2, 0) is 0 Å². The van der Waals surface area contributed by atoms with Crippen LogP contribution in [0.15, 0.2) is 479 Å². The highest BCUT2D eigenvalue weighted by atomic mass is 16.5. The second kappa shape index (κ2) is 32.3. The molecule has 658 valence electrons. The zero-order chi connectivity index (χ0) is 93.1. The maximum absolute atomic E-state index is 6.44. The average Bonchev–Trinajstić information content (AvgIpc) is 1.56. The molecule has 0 unspecified atom stereocenters. The molecular weight excluding hydrogens is 1730 g/mol. The van der Waals surface area contributed by atoms with Gasteiger partial charge in [0.25, 0.3) is 0 Å². The van der Waals surface area contributed by atoms with E-state index in [2.05, 4.69) is 450 Å². The third-order valence-electron chi connectivity index (χ3n) is 29.2. The highest BCUT2D eigenvalue weighted by molar-refractivity contribution is 6.33. The fourth-order valence-electron chi connectivity index (χ4n) is 23.0. The van der Waals surface area contributed by atoms with Gasteiger partial charge in [-0.15, -0.1) is 0 Å². The SMILES string of the molecule is c1ccc(-c2ccc3c4c(nc(-n5c6ccccc6c6c7ccc8ccc9ccccc9c8c7ccc65)nc24)-c2ccccc2O3)cc1.c1ccc(-c2ccccc2-c2nc(-n3c4ccccc4c4c5ccc6ccc7ccccc7c6c5ccc43)nc3ccccc23)cc1.c1ccc(-c2nc(-n3c4ccccc4c4c5ccc6cc(-c7ccccc7)c7ccccc7c6c5ccc43)nc3ccccc23)cc1. The van der Waals surface area contributed by atoms with Crippen molar-refractivity contribution in [3.63, 3.8) is 0 Å². The minimum absolute atomic E-state index is 0.639. The molecule has 6 aromatic heterocycles. The average molecular weight is 1810 g/mol. The summed E-state index contributed by atoms with van der Waals surface area (Å²) in [6.45, 7) is 0. The van der Waals surface area contributed by atoms with Crippen molar-refractivity contribution in [3.05, 3.63) is 479 Å². The fraction of sp³-hybridized carbons (Fsp3) is 0. The number of nitrogens with zero attached hydrogens (tertiary/aromatic N) is 9. The number of hydrogen-bond acceptors (Lipinski definition) is 7. The maximum Gasteiger partial charge on any atom is 0.235 e.